The van der Waals surface area contributed by atoms with E-state index < -0.39 is 5.97 Å². The number of aromatic nitrogens is 1. The van der Waals surface area contributed by atoms with Crippen LogP contribution >= 0.6 is 0 Å². The van der Waals surface area contributed by atoms with Gasteiger partial charge in [0.05, 0.1) is 19.2 Å². The Labute approximate surface area is 210 Å². The van der Waals surface area contributed by atoms with E-state index in [9.17, 15) is 14.7 Å². The molecule has 6 heteroatoms. The van der Waals surface area contributed by atoms with Crippen LogP contribution in [0.1, 0.15) is 56.8 Å². The largest absolute Gasteiger partial charge is 0.497 e. The van der Waals surface area contributed by atoms with E-state index >= 15 is 0 Å². The number of carboxylic acids is 1. The molecule has 0 saturated carbocycles. The van der Waals surface area contributed by atoms with E-state index in [0.717, 1.165) is 40.6 Å². The first kappa shape index (κ1) is 23.7. The zero-order valence-electron chi connectivity index (χ0n) is 20.6. The van der Waals surface area contributed by atoms with Gasteiger partial charge in [0.2, 0.25) is 0 Å². The molecule has 1 amide bonds. The number of rotatable bonds is 6. The molecule has 4 aromatic rings. The first-order valence-electron chi connectivity index (χ1n) is 12.3. The number of hydrogen-bond acceptors (Lipinski definition) is 3. The van der Waals surface area contributed by atoms with Crippen molar-refractivity contribution in [1.82, 2.24) is 9.88 Å². The van der Waals surface area contributed by atoms with Gasteiger partial charge in [-0.3, -0.25) is 4.79 Å². The van der Waals surface area contributed by atoms with Crippen LogP contribution in [0.2, 0.25) is 0 Å². The number of ether oxygens (including phenoxy) is 1. The molecule has 184 valence electrons. The van der Waals surface area contributed by atoms with Crippen molar-refractivity contribution in [2.45, 2.75) is 38.6 Å². The number of amides is 1. The third kappa shape index (κ3) is 4.59. The Morgan fingerprint density at radius 3 is 2.36 bits per heavy atom. The highest BCUT2D eigenvalue weighted by atomic mass is 16.5. The Balaban J connectivity index is 1.55. The normalized spacial score (nSPS) is 13.2. The average Bonchev–Trinajstić information content (AvgIpc) is 3.07. The Bertz CT molecular complexity index is 1440. The molecule has 6 nitrogen and oxygen atoms in total. The summed E-state index contributed by atoms with van der Waals surface area (Å²) >= 11 is 0. The van der Waals surface area contributed by atoms with Gasteiger partial charge >= 0.3 is 5.97 Å². The number of carbonyl (C=O) groups is 2. The number of aryl methyl sites for hydroxylation is 2. The average molecular weight is 483 g/mol. The summed E-state index contributed by atoms with van der Waals surface area (Å²) in [5.74, 6) is -0.369. The standard InChI is InChI=1S/C30H30N2O4/c1-32(29(33)20-10-13-24(36-2)14-11-20)18-27-28(25-15-12-23(30(34)35)17-26(25)31-27)22-9-8-19-6-4-3-5-7-21(19)16-22/h8-17,31H,3-7,18H2,1-2H3,(H,34,35). The van der Waals surface area contributed by atoms with Crippen molar-refractivity contribution >= 4 is 22.8 Å². The number of hydrogen-bond donors (Lipinski definition) is 2. The van der Waals surface area contributed by atoms with Crippen LogP contribution in [-0.2, 0) is 19.4 Å². The number of aromatic amines is 1. The van der Waals surface area contributed by atoms with Crippen LogP contribution in [0.5, 0.6) is 5.75 Å². The number of methoxy groups -OCH3 is 1. The van der Waals surface area contributed by atoms with Crippen molar-refractivity contribution < 1.29 is 19.4 Å². The van der Waals surface area contributed by atoms with E-state index in [4.69, 9.17) is 4.74 Å². The first-order valence-corrected chi connectivity index (χ1v) is 12.3. The Kier molecular flexibility index (Phi) is 6.51. The van der Waals surface area contributed by atoms with Crippen LogP contribution in [0.25, 0.3) is 22.0 Å². The fourth-order valence-electron chi connectivity index (χ4n) is 5.16. The number of benzene rings is 3. The molecule has 0 unspecified atom stereocenters. The maximum Gasteiger partial charge on any atom is 0.335 e. The summed E-state index contributed by atoms with van der Waals surface area (Å²) in [5, 5.41) is 10.5. The van der Waals surface area contributed by atoms with E-state index in [-0.39, 0.29) is 11.5 Å². The quantitative estimate of drug-likeness (QED) is 0.326. The number of carboxylic acid groups (broad SMARTS) is 1. The molecule has 1 aliphatic carbocycles. The van der Waals surface area contributed by atoms with Gasteiger partial charge in [-0.15, -0.1) is 0 Å². The number of nitrogens with one attached hydrogen (secondary N) is 1. The minimum Gasteiger partial charge on any atom is -0.497 e. The van der Waals surface area contributed by atoms with Crippen molar-refractivity contribution in [3.05, 3.63) is 88.6 Å². The molecule has 1 aliphatic rings. The van der Waals surface area contributed by atoms with Crippen LogP contribution in [0.15, 0.2) is 60.7 Å². The third-order valence-corrected chi connectivity index (χ3v) is 7.09. The summed E-state index contributed by atoms with van der Waals surface area (Å²) in [4.78, 5) is 29.9. The van der Waals surface area contributed by atoms with E-state index in [1.165, 1.54) is 30.4 Å². The molecule has 0 aliphatic heterocycles. The molecule has 3 aromatic carbocycles. The second kappa shape index (κ2) is 9.90. The number of aromatic carboxylic acids is 1. The highest BCUT2D eigenvalue weighted by molar-refractivity contribution is 6.01. The van der Waals surface area contributed by atoms with Crippen LogP contribution < -0.4 is 4.74 Å². The second-order valence-electron chi connectivity index (χ2n) is 9.48. The number of carbonyl (C=O) groups excluding carboxylic acids is 1. The Morgan fingerprint density at radius 2 is 1.64 bits per heavy atom. The molecule has 1 heterocycles. The first-order chi connectivity index (χ1) is 17.4. The zero-order chi connectivity index (χ0) is 25.2. The van der Waals surface area contributed by atoms with Gasteiger partial charge in [-0.1, -0.05) is 30.7 Å². The van der Waals surface area contributed by atoms with E-state index in [2.05, 4.69) is 23.2 Å². The maximum atomic E-state index is 13.2. The lowest BCUT2D eigenvalue weighted by atomic mass is 9.94. The number of H-pyrrole nitrogens is 1. The lowest BCUT2D eigenvalue weighted by Gasteiger charge is -2.18. The molecule has 0 spiro atoms. The molecule has 36 heavy (non-hydrogen) atoms. The molecule has 0 fully saturated rings. The van der Waals surface area contributed by atoms with Crippen molar-refractivity contribution in [2.75, 3.05) is 14.2 Å². The van der Waals surface area contributed by atoms with Gasteiger partial charge in [-0.05, 0) is 78.8 Å². The van der Waals surface area contributed by atoms with Crippen LogP contribution in [0.4, 0.5) is 0 Å². The molecule has 0 bridgehead atoms. The minimum atomic E-state index is -0.966. The summed E-state index contributed by atoms with van der Waals surface area (Å²) in [6.45, 7) is 0.356. The van der Waals surface area contributed by atoms with Crippen molar-refractivity contribution in [3.63, 3.8) is 0 Å². The summed E-state index contributed by atoms with van der Waals surface area (Å²) < 4.78 is 5.21. The Morgan fingerprint density at radius 1 is 0.917 bits per heavy atom. The second-order valence-corrected chi connectivity index (χ2v) is 9.48. The molecule has 2 N–H and O–H groups in total. The van der Waals surface area contributed by atoms with E-state index in [1.54, 1.807) is 55.5 Å². The molecular weight excluding hydrogens is 452 g/mol. The fourth-order valence-corrected chi connectivity index (χ4v) is 5.16. The van der Waals surface area contributed by atoms with Crippen molar-refractivity contribution in [3.8, 4) is 16.9 Å². The number of fused-ring (bicyclic) bond motifs is 2. The number of nitrogens with zero attached hydrogens (tertiary/aromatic N) is 1. The van der Waals surface area contributed by atoms with Crippen LogP contribution in [0.3, 0.4) is 0 Å². The SMILES string of the molecule is COc1ccc(C(=O)N(C)Cc2[nH]c3cc(C(=O)O)ccc3c2-c2ccc3c(c2)CCCCC3)cc1. The smallest absolute Gasteiger partial charge is 0.335 e. The zero-order valence-corrected chi connectivity index (χ0v) is 20.6. The predicted octanol–water partition coefficient (Wildman–Crippen LogP) is 6.08. The van der Waals surface area contributed by atoms with Gasteiger partial charge in [0.15, 0.2) is 0 Å². The van der Waals surface area contributed by atoms with Gasteiger partial charge in [0.25, 0.3) is 5.91 Å². The van der Waals surface area contributed by atoms with Gasteiger partial charge < -0.3 is 19.7 Å². The molecule has 0 radical (unpaired) electrons. The highest BCUT2D eigenvalue weighted by Gasteiger charge is 2.20. The maximum absolute atomic E-state index is 13.2. The monoisotopic (exact) mass is 482 g/mol. The van der Waals surface area contributed by atoms with Gasteiger partial charge in [-0.25, -0.2) is 4.79 Å². The van der Waals surface area contributed by atoms with Gasteiger partial charge in [-0.2, -0.15) is 0 Å². The summed E-state index contributed by atoms with van der Waals surface area (Å²) in [5.41, 5.74) is 7.34. The van der Waals surface area contributed by atoms with Gasteiger partial charge in [0, 0.05) is 34.8 Å². The van der Waals surface area contributed by atoms with Gasteiger partial charge in [0.1, 0.15) is 5.75 Å². The summed E-state index contributed by atoms with van der Waals surface area (Å²) in [6.07, 6.45) is 5.84. The predicted molar refractivity (Wildman–Crippen MR) is 141 cm³/mol. The van der Waals surface area contributed by atoms with Crippen molar-refractivity contribution in [1.29, 1.82) is 0 Å². The van der Waals surface area contributed by atoms with Crippen molar-refractivity contribution in [2.24, 2.45) is 0 Å². The molecule has 0 atom stereocenters. The molecule has 5 rings (SSSR count). The topological polar surface area (TPSA) is 82.6 Å². The third-order valence-electron chi connectivity index (χ3n) is 7.09. The summed E-state index contributed by atoms with van der Waals surface area (Å²) in [7, 11) is 3.38. The molecule has 1 aromatic heterocycles. The van der Waals surface area contributed by atoms with E-state index in [0.29, 0.717) is 17.9 Å². The minimum absolute atomic E-state index is 0.101. The fraction of sp³-hybridized carbons (Fsp3) is 0.267. The Hall–Kier alpha value is -4.06. The van der Waals surface area contributed by atoms with Crippen LogP contribution in [0, 0.1) is 0 Å². The highest BCUT2D eigenvalue weighted by Crippen LogP contribution is 2.36. The lowest BCUT2D eigenvalue weighted by molar-refractivity contribution is 0.0696. The van der Waals surface area contributed by atoms with E-state index in [1.807, 2.05) is 6.07 Å². The summed E-state index contributed by atoms with van der Waals surface area (Å²) in [6, 6.07) is 18.9. The molecule has 0 saturated heterocycles. The van der Waals surface area contributed by atoms with Crippen LogP contribution in [-0.4, -0.2) is 41.0 Å². The lowest BCUT2D eigenvalue weighted by Crippen LogP contribution is -2.26. The molecular formula is C30H30N2O4.